The number of carbonyl (C=O) groups excluding carboxylic acids is 1. The topological polar surface area (TPSA) is 99.0 Å². The van der Waals surface area contributed by atoms with Crippen molar-refractivity contribution in [2.45, 2.75) is 19.9 Å². The number of hydrogen-bond acceptors (Lipinski definition) is 6. The molecule has 3 aromatic rings. The van der Waals surface area contributed by atoms with Crippen molar-refractivity contribution in [3.05, 3.63) is 59.0 Å². The Morgan fingerprint density at radius 1 is 1.18 bits per heavy atom. The molecule has 0 saturated heterocycles. The van der Waals surface area contributed by atoms with Gasteiger partial charge in [-0.1, -0.05) is 30.3 Å². The van der Waals surface area contributed by atoms with Gasteiger partial charge in [0.1, 0.15) is 6.61 Å². The molecule has 0 atom stereocenters. The van der Waals surface area contributed by atoms with Crippen LogP contribution in [-0.2, 0) is 9.53 Å². The van der Waals surface area contributed by atoms with E-state index in [2.05, 4.69) is 20.4 Å². The molecular weight excluding hydrogens is 358 g/mol. The van der Waals surface area contributed by atoms with E-state index in [9.17, 15) is 9.59 Å². The molecule has 0 spiro atoms. The van der Waals surface area contributed by atoms with E-state index < -0.39 is 0 Å². The van der Waals surface area contributed by atoms with Crippen LogP contribution in [0.4, 0.5) is 5.95 Å². The van der Waals surface area contributed by atoms with E-state index in [1.54, 1.807) is 12.3 Å². The van der Waals surface area contributed by atoms with E-state index in [0.29, 0.717) is 17.0 Å². The van der Waals surface area contributed by atoms with Crippen molar-refractivity contribution in [3.8, 4) is 22.5 Å². The first-order valence-corrected chi connectivity index (χ1v) is 8.81. The minimum absolute atomic E-state index is 0.0823. The van der Waals surface area contributed by atoms with Gasteiger partial charge in [0, 0.05) is 30.5 Å². The molecule has 1 amide bonds. The third kappa shape index (κ3) is 4.29. The predicted octanol–water partition coefficient (Wildman–Crippen LogP) is 2.53. The molecule has 1 N–H and O–H groups in total. The predicted molar refractivity (Wildman–Crippen MR) is 106 cm³/mol. The zero-order valence-electron chi connectivity index (χ0n) is 15.9. The Balaban J connectivity index is 2.12. The van der Waals surface area contributed by atoms with Crippen LogP contribution in [0, 0.1) is 0 Å². The van der Waals surface area contributed by atoms with Crippen LogP contribution in [0.3, 0.4) is 0 Å². The van der Waals surface area contributed by atoms with E-state index in [-0.39, 0.29) is 30.1 Å². The molecular formula is C20H21N5O3. The Morgan fingerprint density at radius 3 is 2.61 bits per heavy atom. The number of carbonyl (C=O) groups is 1. The Labute approximate surface area is 162 Å². The zero-order chi connectivity index (χ0) is 20.1. The smallest absolute Gasteiger partial charge is 0.267 e. The summed E-state index contributed by atoms with van der Waals surface area (Å²) in [6.45, 7) is 3.69. The van der Waals surface area contributed by atoms with Crippen molar-refractivity contribution in [1.29, 1.82) is 0 Å². The highest BCUT2D eigenvalue weighted by atomic mass is 16.5. The van der Waals surface area contributed by atoms with Gasteiger partial charge in [0.05, 0.1) is 17.4 Å². The maximum atomic E-state index is 12.0. The summed E-state index contributed by atoms with van der Waals surface area (Å²) in [4.78, 5) is 32.6. The fraction of sp³-hybridized carbons (Fsp3) is 0.250. The van der Waals surface area contributed by atoms with Gasteiger partial charge in [0.2, 0.25) is 5.95 Å². The van der Waals surface area contributed by atoms with Crippen molar-refractivity contribution in [1.82, 2.24) is 19.7 Å². The first-order valence-electron chi connectivity index (χ1n) is 8.81. The summed E-state index contributed by atoms with van der Waals surface area (Å²) in [5, 5.41) is 7.07. The summed E-state index contributed by atoms with van der Waals surface area (Å²) in [7, 11) is 1.44. The standard InChI is InChI=1S/C20H21N5O3/c1-13(2)25-18(27)10-9-16(24-25)15-11-21-20(22-17(26)12-28-3)23-19(15)14-7-5-4-6-8-14/h4-11,13H,12H2,1-3H3,(H,21,22,23,26). The molecule has 8 nitrogen and oxygen atoms in total. The summed E-state index contributed by atoms with van der Waals surface area (Å²) in [6.07, 6.45) is 1.59. The van der Waals surface area contributed by atoms with Crippen LogP contribution in [0.15, 0.2) is 53.5 Å². The summed E-state index contributed by atoms with van der Waals surface area (Å²) in [5.74, 6) is -0.178. The molecule has 0 unspecified atom stereocenters. The maximum Gasteiger partial charge on any atom is 0.267 e. The maximum absolute atomic E-state index is 12.0. The summed E-state index contributed by atoms with van der Waals surface area (Å²) >= 11 is 0. The van der Waals surface area contributed by atoms with E-state index in [0.717, 1.165) is 5.56 Å². The molecule has 0 aliphatic carbocycles. The summed E-state index contributed by atoms with van der Waals surface area (Å²) < 4.78 is 6.24. The van der Waals surface area contributed by atoms with Crippen LogP contribution in [-0.4, -0.2) is 39.4 Å². The van der Waals surface area contributed by atoms with Gasteiger partial charge in [0.15, 0.2) is 0 Å². The number of rotatable bonds is 6. The molecule has 28 heavy (non-hydrogen) atoms. The van der Waals surface area contributed by atoms with E-state index in [1.165, 1.54) is 17.9 Å². The fourth-order valence-electron chi connectivity index (χ4n) is 2.68. The van der Waals surface area contributed by atoms with Crippen molar-refractivity contribution in [3.63, 3.8) is 0 Å². The Kier molecular flexibility index (Phi) is 5.90. The molecule has 2 heterocycles. The van der Waals surface area contributed by atoms with Gasteiger partial charge in [-0.25, -0.2) is 14.6 Å². The molecule has 3 rings (SSSR count). The SMILES string of the molecule is COCC(=O)Nc1ncc(-c2ccc(=O)n(C(C)C)n2)c(-c2ccccc2)n1. The second kappa shape index (κ2) is 8.53. The molecule has 8 heteroatoms. The lowest BCUT2D eigenvalue weighted by atomic mass is 10.0. The minimum Gasteiger partial charge on any atom is -0.375 e. The van der Waals surface area contributed by atoms with Gasteiger partial charge in [-0.15, -0.1) is 0 Å². The quantitative estimate of drug-likeness (QED) is 0.707. The number of methoxy groups -OCH3 is 1. The second-order valence-corrected chi connectivity index (χ2v) is 6.40. The largest absolute Gasteiger partial charge is 0.375 e. The molecule has 0 radical (unpaired) electrons. The molecule has 144 valence electrons. The lowest BCUT2D eigenvalue weighted by Crippen LogP contribution is -2.24. The van der Waals surface area contributed by atoms with Crippen LogP contribution in [0.1, 0.15) is 19.9 Å². The number of benzene rings is 1. The minimum atomic E-state index is -0.347. The average Bonchev–Trinajstić information content (AvgIpc) is 2.69. The number of ether oxygens (including phenoxy) is 1. The van der Waals surface area contributed by atoms with Crippen LogP contribution < -0.4 is 10.9 Å². The van der Waals surface area contributed by atoms with Gasteiger partial charge in [-0.3, -0.25) is 14.9 Å². The molecule has 2 aromatic heterocycles. The first-order chi connectivity index (χ1) is 13.5. The van der Waals surface area contributed by atoms with Crippen LogP contribution in [0.25, 0.3) is 22.5 Å². The number of nitrogens with zero attached hydrogens (tertiary/aromatic N) is 4. The molecule has 0 aliphatic rings. The average molecular weight is 379 g/mol. The highest BCUT2D eigenvalue weighted by molar-refractivity contribution is 5.90. The van der Waals surface area contributed by atoms with Crippen LogP contribution in [0.5, 0.6) is 0 Å². The lowest BCUT2D eigenvalue weighted by Gasteiger charge is -2.13. The number of hydrogen-bond donors (Lipinski definition) is 1. The molecule has 0 aliphatic heterocycles. The van der Waals surface area contributed by atoms with E-state index in [4.69, 9.17) is 4.74 Å². The number of nitrogens with one attached hydrogen (secondary N) is 1. The Bertz CT molecular complexity index is 1030. The monoisotopic (exact) mass is 379 g/mol. The van der Waals surface area contributed by atoms with Gasteiger partial charge >= 0.3 is 0 Å². The number of anilines is 1. The molecule has 0 fully saturated rings. The molecule has 0 bridgehead atoms. The van der Waals surface area contributed by atoms with Gasteiger partial charge in [-0.2, -0.15) is 5.10 Å². The van der Waals surface area contributed by atoms with Crippen molar-refractivity contribution < 1.29 is 9.53 Å². The van der Waals surface area contributed by atoms with Crippen molar-refractivity contribution in [2.24, 2.45) is 0 Å². The normalized spacial score (nSPS) is 10.9. The van der Waals surface area contributed by atoms with E-state index >= 15 is 0 Å². The van der Waals surface area contributed by atoms with Crippen LogP contribution in [0.2, 0.25) is 0 Å². The number of amides is 1. The van der Waals surface area contributed by atoms with Crippen molar-refractivity contribution in [2.75, 3.05) is 19.0 Å². The summed E-state index contributed by atoms with van der Waals surface area (Å²) in [5.41, 5.74) is 2.49. The highest BCUT2D eigenvalue weighted by Crippen LogP contribution is 2.29. The summed E-state index contributed by atoms with van der Waals surface area (Å²) in [6, 6.07) is 12.6. The molecule has 1 aromatic carbocycles. The third-order valence-electron chi connectivity index (χ3n) is 3.95. The first kappa shape index (κ1) is 19.4. The third-order valence-corrected chi connectivity index (χ3v) is 3.95. The van der Waals surface area contributed by atoms with Crippen LogP contribution >= 0.6 is 0 Å². The number of aromatic nitrogens is 4. The molecule has 0 saturated carbocycles. The highest BCUT2D eigenvalue weighted by Gasteiger charge is 2.15. The Hall–Kier alpha value is -3.39. The Morgan fingerprint density at radius 2 is 1.93 bits per heavy atom. The van der Waals surface area contributed by atoms with Gasteiger partial charge in [-0.05, 0) is 19.9 Å². The lowest BCUT2D eigenvalue weighted by molar-refractivity contribution is -0.119. The van der Waals surface area contributed by atoms with Gasteiger partial charge in [0.25, 0.3) is 11.5 Å². The fourth-order valence-corrected chi connectivity index (χ4v) is 2.68. The van der Waals surface area contributed by atoms with Crippen molar-refractivity contribution >= 4 is 11.9 Å². The zero-order valence-corrected chi connectivity index (χ0v) is 15.9. The second-order valence-electron chi connectivity index (χ2n) is 6.40. The van der Waals surface area contributed by atoms with Gasteiger partial charge < -0.3 is 4.74 Å². The van der Waals surface area contributed by atoms with E-state index in [1.807, 2.05) is 44.2 Å².